The van der Waals surface area contributed by atoms with Crippen molar-refractivity contribution >= 4 is 33.6 Å². The molecule has 0 heterocycles. The van der Waals surface area contributed by atoms with E-state index in [1.165, 1.54) is 12.1 Å². The van der Waals surface area contributed by atoms with Crippen molar-refractivity contribution in [3.8, 4) is 24.0 Å². The molecule has 0 spiro atoms. The SMILES string of the molecule is [C-]#[N+]C1=C(c2ccc(C)cc2)/C(=C(/C#N)[N+]#[C-])c2cc3c(cc21)/C(=C(/C#N)[N+]#[C-])C(c1ccc(OC(F)(F)F)cc1)=C3C#N. The molecule has 0 bridgehead atoms. The Bertz CT molecular complexity index is 2140. The summed E-state index contributed by atoms with van der Waals surface area (Å²) in [6.07, 6.45) is -4.92. The molecular formula is C34H13F3N6O. The minimum atomic E-state index is -4.92. The van der Waals surface area contributed by atoms with Crippen molar-refractivity contribution in [3.05, 3.63) is 145 Å². The average Bonchev–Trinajstić information content (AvgIpc) is 3.49. The van der Waals surface area contributed by atoms with E-state index in [1.807, 2.05) is 31.2 Å². The van der Waals surface area contributed by atoms with Crippen LogP contribution >= 0.6 is 0 Å². The molecule has 0 unspecified atom stereocenters. The number of hydrogen-bond donors (Lipinski definition) is 0. The highest BCUT2D eigenvalue weighted by molar-refractivity contribution is 6.29. The lowest BCUT2D eigenvalue weighted by atomic mass is 9.92. The van der Waals surface area contributed by atoms with Gasteiger partial charge in [-0.2, -0.15) is 5.26 Å². The van der Waals surface area contributed by atoms with Gasteiger partial charge in [-0.3, -0.25) is 0 Å². The number of aryl methyl sites for hydroxylation is 1. The summed E-state index contributed by atoms with van der Waals surface area (Å²) in [5, 5.41) is 30.1. The van der Waals surface area contributed by atoms with Crippen molar-refractivity contribution in [3.63, 3.8) is 0 Å². The van der Waals surface area contributed by atoms with Gasteiger partial charge in [0.2, 0.25) is 5.70 Å². The van der Waals surface area contributed by atoms with Gasteiger partial charge in [-0.15, -0.1) is 13.2 Å². The number of benzene rings is 3. The van der Waals surface area contributed by atoms with Crippen molar-refractivity contribution in [2.75, 3.05) is 0 Å². The van der Waals surface area contributed by atoms with Gasteiger partial charge in [0.25, 0.3) is 11.4 Å². The molecule has 0 aromatic heterocycles. The van der Waals surface area contributed by atoms with Gasteiger partial charge in [0, 0.05) is 5.57 Å². The van der Waals surface area contributed by atoms with E-state index in [9.17, 15) is 29.0 Å². The Kier molecular flexibility index (Phi) is 7.07. The van der Waals surface area contributed by atoms with Crippen LogP contribution < -0.4 is 4.74 Å². The first-order valence-electron chi connectivity index (χ1n) is 12.5. The van der Waals surface area contributed by atoms with Gasteiger partial charge in [-0.25, -0.2) is 25.1 Å². The summed E-state index contributed by atoms with van der Waals surface area (Å²) in [7, 11) is 0. The maximum Gasteiger partial charge on any atom is 0.573 e. The lowest BCUT2D eigenvalue weighted by Crippen LogP contribution is -2.17. The van der Waals surface area contributed by atoms with Gasteiger partial charge in [0.05, 0.1) is 37.4 Å². The van der Waals surface area contributed by atoms with Gasteiger partial charge in [0.1, 0.15) is 11.8 Å². The molecule has 0 fully saturated rings. The van der Waals surface area contributed by atoms with Gasteiger partial charge >= 0.3 is 6.36 Å². The summed E-state index contributed by atoms with van der Waals surface area (Å²) in [4.78, 5) is 10.5. The number of nitriles is 3. The summed E-state index contributed by atoms with van der Waals surface area (Å²) in [6.45, 7) is 25.3. The Hall–Kier alpha value is -6.85. The highest BCUT2D eigenvalue weighted by atomic mass is 19.4. The van der Waals surface area contributed by atoms with Gasteiger partial charge < -0.3 is 4.74 Å². The molecule has 44 heavy (non-hydrogen) atoms. The van der Waals surface area contributed by atoms with Gasteiger partial charge in [-0.1, -0.05) is 48.0 Å². The molecule has 3 aromatic carbocycles. The molecule has 0 saturated heterocycles. The predicted molar refractivity (Wildman–Crippen MR) is 155 cm³/mol. The lowest BCUT2D eigenvalue weighted by molar-refractivity contribution is -0.274. The minimum absolute atomic E-state index is 0.0208. The molecule has 2 aliphatic carbocycles. The topological polar surface area (TPSA) is 93.7 Å². The number of rotatable bonds is 3. The third-order valence-corrected chi connectivity index (χ3v) is 7.06. The molecule has 0 N–H and O–H groups in total. The van der Waals surface area contributed by atoms with Crippen LogP contribution in [0.25, 0.3) is 48.1 Å². The number of allylic oxidation sites excluding steroid dienone is 7. The van der Waals surface area contributed by atoms with Crippen LogP contribution in [-0.2, 0) is 0 Å². The Morgan fingerprint density at radius 1 is 0.727 bits per heavy atom. The van der Waals surface area contributed by atoms with E-state index in [2.05, 4.69) is 25.3 Å². The van der Waals surface area contributed by atoms with E-state index in [4.69, 9.17) is 19.7 Å². The van der Waals surface area contributed by atoms with Crippen LogP contribution in [0.1, 0.15) is 38.9 Å². The molecule has 7 nitrogen and oxygen atoms in total. The first kappa shape index (κ1) is 28.7. The van der Waals surface area contributed by atoms with E-state index in [-0.39, 0.29) is 56.1 Å². The lowest BCUT2D eigenvalue weighted by Gasteiger charge is -2.12. The normalized spacial score (nSPS) is 15.5. The standard InChI is InChI=1S/C34H13F3N6O/c1-18-5-7-20(8-6-18)30-32(28(17-40)42-3)24-13-22-23(14-25(24)33(30)43-4)31(27(16-39)41-2)29(26(22)15-38)19-9-11-21(12-10-19)44-34(35,36)37/h5-14H,1H3/b31-27+,32-28-. The monoisotopic (exact) mass is 578 g/mol. The van der Waals surface area contributed by atoms with Crippen LogP contribution in [0.5, 0.6) is 5.75 Å². The first-order valence-corrected chi connectivity index (χ1v) is 12.5. The molecular weight excluding hydrogens is 565 g/mol. The molecule has 3 aromatic rings. The fourth-order valence-corrected chi connectivity index (χ4v) is 5.31. The summed E-state index contributed by atoms with van der Waals surface area (Å²) in [6, 6.07) is 20.9. The number of alkyl halides is 3. The highest BCUT2D eigenvalue weighted by Gasteiger charge is 2.37. The van der Waals surface area contributed by atoms with Crippen molar-refractivity contribution in [1.29, 1.82) is 15.8 Å². The molecule has 0 atom stereocenters. The second-order valence-electron chi connectivity index (χ2n) is 9.47. The summed E-state index contributed by atoms with van der Waals surface area (Å²) >= 11 is 0. The molecule has 2 aliphatic rings. The van der Waals surface area contributed by atoms with Crippen molar-refractivity contribution in [1.82, 2.24) is 0 Å². The van der Waals surface area contributed by atoms with Crippen molar-refractivity contribution < 1.29 is 17.9 Å². The van der Waals surface area contributed by atoms with Crippen LogP contribution in [-0.4, -0.2) is 6.36 Å². The molecule has 10 heteroatoms. The maximum absolute atomic E-state index is 12.7. The number of hydrogen-bond acceptors (Lipinski definition) is 4. The molecule has 206 valence electrons. The second kappa shape index (κ2) is 10.9. The molecule has 0 aliphatic heterocycles. The largest absolute Gasteiger partial charge is 0.573 e. The van der Waals surface area contributed by atoms with Crippen LogP contribution in [0, 0.1) is 60.6 Å². The average molecular weight is 579 g/mol. The van der Waals surface area contributed by atoms with Crippen LogP contribution in [0.2, 0.25) is 0 Å². The minimum Gasteiger partial charge on any atom is -0.406 e. The zero-order chi connectivity index (χ0) is 31.8. The highest BCUT2D eigenvalue weighted by Crippen LogP contribution is 2.55. The Morgan fingerprint density at radius 3 is 1.73 bits per heavy atom. The van der Waals surface area contributed by atoms with Gasteiger partial charge in [-0.05, 0) is 75.2 Å². The number of ether oxygens (including phenoxy) is 1. The van der Waals surface area contributed by atoms with Crippen molar-refractivity contribution in [2.45, 2.75) is 13.3 Å². The predicted octanol–water partition coefficient (Wildman–Crippen LogP) is 8.45. The van der Waals surface area contributed by atoms with E-state index in [0.29, 0.717) is 22.3 Å². The number of nitrogens with zero attached hydrogens (tertiary/aromatic N) is 6. The Labute approximate surface area is 249 Å². The Balaban J connectivity index is 1.84. The van der Waals surface area contributed by atoms with Crippen LogP contribution in [0.15, 0.2) is 72.1 Å². The quantitative estimate of drug-likeness (QED) is 0.230. The van der Waals surface area contributed by atoms with Crippen LogP contribution in [0.4, 0.5) is 13.2 Å². The fraction of sp³-hybridized carbons (Fsp3) is 0.0588. The molecule has 5 rings (SSSR count). The van der Waals surface area contributed by atoms with Gasteiger partial charge in [0.15, 0.2) is 0 Å². The van der Waals surface area contributed by atoms with E-state index >= 15 is 0 Å². The summed E-state index contributed by atoms with van der Waals surface area (Å²) in [5.41, 5.74) is 3.35. The molecule has 0 radical (unpaired) electrons. The summed E-state index contributed by atoms with van der Waals surface area (Å²) in [5.74, 6) is -0.500. The number of halogens is 3. The zero-order valence-electron chi connectivity index (χ0n) is 22.5. The first-order chi connectivity index (χ1) is 21.1. The van der Waals surface area contributed by atoms with E-state index < -0.39 is 12.1 Å². The van der Waals surface area contributed by atoms with Crippen molar-refractivity contribution in [2.24, 2.45) is 0 Å². The maximum atomic E-state index is 12.7. The summed E-state index contributed by atoms with van der Waals surface area (Å²) < 4.78 is 42.2. The second-order valence-corrected chi connectivity index (χ2v) is 9.47. The third-order valence-electron chi connectivity index (χ3n) is 7.06. The van der Waals surface area contributed by atoms with E-state index in [0.717, 1.165) is 17.7 Å². The zero-order valence-corrected chi connectivity index (χ0v) is 22.5. The molecule has 0 amide bonds. The molecule has 0 saturated carbocycles. The third kappa shape index (κ3) is 4.62. The Morgan fingerprint density at radius 2 is 1.23 bits per heavy atom. The smallest absolute Gasteiger partial charge is 0.406 e. The fourth-order valence-electron chi connectivity index (χ4n) is 5.31. The number of fused-ring (bicyclic) bond motifs is 2. The van der Waals surface area contributed by atoms with Crippen LogP contribution in [0.3, 0.4) is 0 Å². The van der Waals surface area contributed by atoms with E-state index in [1.54, 1.807) is 24.3 Å².